The molecule has 0 atom stereocenters. The van der Waals surface area contributed by atoms with E-state index < -0.39 is 9.84 Å². The van der Waals surface area contributed by atoms with Crippen LogP contribution in [0.5, 0.6) is 0 Å². The normalized spacial score (nSPS) is 12.1. The average molecular weight is 294 g/mol. The van der Waals surface area contributed by atoms with Gasteiger partial charge in [0.1, 0.15) is 0 Å². The van der Waals surface area contributed by atoms with Gasteiger partial charge < -0.3 is 5.11 Å². The van der Waals surface area contributed by atoms with Crippen molar-refractivity contribution in [2.45, 2.75) is 11.8 Å². The highest BCUT2D eigenvalue weighted by atomic mass is 32.2. The lowest BCUT2D eigenvalue weighted by atomic mass is 10.3. The molecule has 0 aliphatic carbocycles. The van der Waals surface area contributed by atoms with Crippen LogP contribution in [0.15, 0.2) is 52.4 Å². The van der Waals surface area contributed by atoms with Crippen LogP contribution in [0.25, 0.3) is 5.69 Å². The van der Waals surface area contributed by atoms with Gasteiger partial charge in [0, 0.05) is 11.8 Å². The van der Waals surface area contributed by atoms with Gasteiger partial charge in [-0.25, -0.2) is 13.1 Å². The molecule has 0 saturated heterocycles. The fraction of sp³-hybridized carbons (Fsp3) is 0.154. The molecule has 0 spiro atoms. The van der Waals surface area contributed by atoms with E-state index in [9.17, 15) is 13.2 Å². The van der Waals surface area contributed by atoms with Crippen LogP contribution in [0, 0.1) is 6.92 Å². The van der Waals surface area contributed by atoms with E-state index in [4.69, 9.17) is 5.11 Å². The van der Waals surface area contributed by atoms with Gasteiger partial charge in [0.05, 0.1) is 22.6 Å². The third-order valence-corrected chi connectivity index (χ3v) is 4.35. The third kappa shape index (κ3) is 2.83. The second-order valence-electron chi connectivity index (χ2n) is 4.27. The van der Waals surface area contributed by atoms with E-state index in [2.05, 4.69) is 5.10 Å². The lowest BCUT2D eigenvalue weighted by molar-refractivity contribution is 0.472. The maximum Gasteiger partial charge on any atom is 0.271 e. The summed E-state index contributed by atoms with van der Waals surface area (Å²) in [5, 5.41) is 11.4. The van der Waals surface area contributed by atoms with Crippen molar-refractivity contribution in [2.75, 3.05) is 5.75 Å². The van der Waals surface area contributed by atoms with Gasteiger partial charge in [0.15, 0.2) is 9.84 Å². The van der Waals surface area contributed by atoms with E-state index in [-0.39, 0.29) is 16.2 Å². The Morgan fingerprint density at radius 2 is 1.95 bits per heavy atom. The molecule has 6 nitrogen and oxygen atoms in total. The molecule has 0 bridgehead atoms. The van der Waals surface area contributed by atoms with E-state index in [1.54, 1.807) is 19.1 Å². The first-order valence-electron chi connectivity index (χ1n) is 5.85. The molecule has 0 unspecified atom stereocenters. The number of hydrogen-bond donors (Lipinski definition) is 2. The number of aliphatic hydroxyl groups is 1. The van der Waals surface area contributed by atoms with Crippen LogP contribution >= 0.6 is 0 Å². The van der Waals surface area contributed by atoms with Gasteiger partial charge in [-0.15, -0.1) is 0 Å². The van der Waals surface area contributed by atoms with Gasteiger partial charge in [0.2, 0.25) is 0 Å². The fourth-order valence-electron chi connectivity index (χ4n) is 1.77. The van der Waals surface area contributed by atoms with Crippen LogP contribution in [0.4, 0.5) is 0 Å². The SMILES string of the molecule is Cc1cc(=O)n(-c2ccc(S(=O)(=O)CC=CO)cc2)[nH]1. The summed E-state index contributed by atoms with van der Waals surface area (Å²) < 4.78 is 25.1. The number of aryl methyl sites for hydroxylation is 1. The molecule has 0 aliphatic rings. The maximum absolute atomic E-state index is 11.9. The number of benzene rings is 1. The summed E-state index contributed by atoms with van der Waals surface area (Å²) in [6.45, 7) is 1.76. The number of hydrogen-bond acceptors (Lipinski definition) is 4. The second-order valence-corrected chi connectivity index (χ2v) is 6.31. The van der Waals surface area contributed by atoms with Gasteiger partial charge in [-0.1, -0.05) is 0 Å². The summed E-state index contributed by atoms with van der Waals surface area (Å²) in [5.74, 6) is -0.273. The third-order valence-electron chi connectivity index (χ3n) is 2.72. The predicted molar refractivity (Wildman–Crippen MR) is 74.9 cm³/mol. The minimum atomic E-state index is -3.47. The van der Waals surface area contributed by atoms with Crippen molar-refractivity contribution >= 4 is 9.84 Å². The molecule has 7 heteroatoms. The number of sulfone groups is 1. The highest BCUT2D eigenvalue weighted by Crippen LogP contribution is 2.14. The number of H-pyrrole nitrogens is 1. The van der Waals surface area contributed by atoms with Gasteiger partial charge >= 0.3 is 0 Å². The monoisotopic (exact) mass is 294 g/mol. The number of nitrogens with zero attached hydrogens (tertiary/aromatic N) is 1. The first-order chi connectivity index (χ1) is 9.44. The van der Waals surface area contributed by atoms with E-state index in [0.717, 1.165) is 11.8 Å². The first kappa shape index (κ1) is 14.1. The van der Waals surface area contributed by atoms with Crippen molar-refractivity contribution in [2.24, 2.45) is 0 Å². The lowest BCUT2D eigenvalue weighted by Crippen LogP contribution is -2.13. The first-order valence-corrected chi connectivity index (χ1v) is 7.50. The Morgan fingerprint density at radius 1 is 1.30 bits per heavy atom. The van der Waals surface area contributed by atoms with E-state index in [1.807, 2.05) is 0 Å². The molecule has 0 radical (unpaired) electrons. The van der Waals surface area contributed by atoms with Gasteiger partial charge in [-0.2, -0.15) is 0 Å². The smallest absolute Gasteiger partial charge is 0.271 e. The molecule has 0 saturated carbocycles. The van der Waals surface area contributed by atoms with Crippen LogP contribution in [0.3, 0.4) is 0 Å². The number of rotatable bonds is 4. The Labute approximate surface area is 115 Å². The number of aromatic nitrogens is 2. The standard InChI is InChI=1S/C13H14N2O4S/c1-10-9-13(17)15(14-10)11-3-5-12(6-4-11)20(18,19)8-2-7-16/h2-7,9,14,16H,8H2,1H3. The molecule has 2 N–H and O–H groups in total. The molecule has 0 aliphatic heterocycles. The topological polar surface area (TPSA) is 92.2 Å². The van der Waals surface area contributed by atoms with Crippen molar-refractivity contribution in [3.8, 4) is 5.69 Å². The summed E-state index contributed by atoms with van der Waals surface area (Å²) in [7, 11) is -3.47. The fourth-order valence-corrected chi connectivity index (χ4v) is 2.86. The summed E-state index contributed by atoms with van der Waals surface area (Å²) in [6, 6.07) is 7.41. The average Bonchev–Trinajstić information content (AvgIpc) is 2.76. The van der Waals surface area contributed by atoms with Crippen LogP contribution in [0.2, 0.25) is 0 Å². The van der Waals surface area contributed by atoms with Crippen molar-refractivity contribution in [1.82, 2.24) is 9.78 Å². The molecular formula is C13H14N2O4S. The predicted octanol–water partition coefficient (Wildman–Crippen LogP) is 1.32. The molecule has 20 heavy (non-hydrogen) atoms. The molecular weight excluding hydrogens is 280 g/mol. The molecule has 2 rings (SSSR count). The van der Waals surface area contributed by atoms with E-state index in [1.165, 1.54) is 22.9 Å². The molecule has 106 valence electrons. The van der Waals surface area contributed by atoms with Gasteiger partial charge in [0.25, 0.3) is 5.56 Å². The zero-order chi connectivity index (χ0) is 14.8. The Balaban J connectivity index is 2.36. The number of aliphatic hydroxyl groups excluding tert-OH is 1. The van der Waals surface area contributed by atoms with Crippen LogP contribution in [-0.2, 0) is 9.84 Å². The van der Waals surface area contributed by atoms with Crippen molar-refractivity contribution in [3.05, 3.63) is 58.7 Å². The molecule has 1 aromatic carbocycles. The van der Waals surface area contributed by atoms with Gasteiger partial charge in [-0.3, -0.25) is 9.89 Å². The zero-order valence-electron chi connectivity index (χ0n) is 10.8. The Morgan fingerprint density at radius 3 is 2.45 bits per heavy atom. The number of aromatic amines is 1. The maximum atomic E-state index is 11.9. The Hall–Kier alpha value is -2.28. The van der Waals surface area contributed by atoms with Crippen LogP contribution in [0.1, 0.15) is 5.69 Å². The summed E-state index contributed by atoms with van der Waals surface area (Å²) in [4.78, 5) is 11.8. The highest BCUT2D eigenvalue weighted by molar-refractivity contribution is 7.91. The largest absolute Gasteiger partial charge is 0.516 e. The second kappa shape index (κ2) is 5.38. The van der Waals surface area contributed by atoms with Crippen molar-refractivity contribution in [1.29, 1.82) is 0 Å². The summed E-state index contributed by atoms with van der Waals surface area (Å²) in [6.07, 6.45) is 1.86. The highest BCUT2D eigenvalue weighted by Gasteiger charge is 2.13. The summed E-state index contributed by atoms with van der Waals surface area (Å²) in [5.41, 5.74) is 1.07. The van der Waals surface area contributed by atoms with Crippen molar-refractivity contribution < 1.29 is 13.5 Å². The van der Waals surface area contributed by atoms with E-state index in [0.29, 0.717) is 11.9 Å². The van der Waals surface area contributed by atoms with Crippen LogP contribution < -0.4 is 5.56 Å². The van der Waals surface area contributed by atoms with Crippen LogP contribution in [-0.4, -0.2) is 29.1 Å². The quantitative estimate of drug-likeness (QED) is 0.832. The van der Waals surface area contributed by atoms with Gasteiger partial charge in [-0.05, 0) is 37.3 Å². The molecule has 0 fully saturated rings. The van der Waals surface area contributed by atoms with E-state index >= 15 is 0 Å². The zero-order valence-corrected chi connectivity index (χ0v) is 11.6. The Kier molecular flexibility index (Phi) is 3.80. The van der Waals surface area contributed by atoms with Crippen molar-refractivity contribution in [3.63, 3.8) is 0 Å². The molecule has 1 heterocycles. The Bertz CT molecular complexity index is 783. The number of nitrogens with one attached hydrogen (secondary N) is 1. The molecule has 0 amide bonds. The molecule has 1 aromatic heterocycles. The minimum absolute atomic E-state index is 0.135. The molecule has 2 aromatic rings. The lowest BCUT2D eigenvalue weighted by Gasteiger charge is -2.04. The summed E-state index contributed by atoms with van der Waals surface area (Å²) >= 11 is 0. The minimum Gasteiger partial charge on any atom is -0.516 e.